The highest BCUT2D eigenvalue weighted by molar-refractivity contribution is 6.43. The van der Waals surface area contributed by atoms with Gasteiger partial charge in [-0.15, -0.1) is 0 Å². The van der Waals surface area contributed by atoms with E-state index >= 15 is 0 Å². The van der Waals surface area contributed by atoms with Gasteiger partial charge in [-0.2, -0.15) is 0 Å². The van der Waals surface area contributed by atoms with Crippen LogP contribution in [0.25, 0.3) is 0 Å². The number of carbonyl (C=O) groups is 1. The zero-order chi connectivity index (χ0) is 13.1. The molecular weight excluding hydrogens is 269 g/mol. The van der Waals surface area contributed by atoms with Crippen LogP contribution in [0, 0.1) is 6.92 Å². The van der Waals surface area contributed by atoms with Gasteiger partial charge in [0.1, 0.15) is 0 Å². The van der Waals surface area contributed by atoms with Crippen LogP contribution in [-0.4, -0.2) is 5.91 Å². The largest absolute Gasteiger partial charge is 0.272 e. The highest BCUT2D eigenvalue weighted by atomic mass is 35.5. The Labute approximate surface area is 116 Å². The van der Waals surface area contributed by atoms with Crippen molar-refractivity contribution in [3.8, 4) is 0 Å². The van der Waals surface area contributed by atoms with E-state index < -0.39 is 0 Å². The van der Waals surface area contributed by atoms with Gasteiger partial charge in [-0.3, -0.25) is 4.79 Å². The standard InChI is InChI=1S/C14H10Cl2NO/c1-10-6-8-11(9-7-10)14(18)17(16)13-5-3-2-4-12(13)15/h2-9H,1H2. The van der Waals surface area contributed by atoms with E-state index in [1.54, 1.807) is 48.5 Å². The third-order valence-electron chi connectivity index (χ3n) is 2.44. The fourth-order valence-corrected chi connectivity index (χ4v) is 1.99. The van der Waals surface area contributed by atoms with Gasteiger partial charge in [0.05, 0.1) is 10.7 Å². The molecule has 0 bridgehead atoms. The second kappa shape index (κ2) is 5.42. The molecule has 0 spiro atoms. The molecule has 1 amide bonds. The molecule has 2 nitrogen and oxygen atoms in total. The summed E-state index contributed by atoms with van der Waals surface area (Å²) in [6, 6.07) is 13.8. The van der Waals surface area contributed by atoms with E-state index in [1.807, 2.05) is 0 Å². The molecule has 0 aliphatic rings. The summed E-state index contributed by atoms with van der Waals surface area (Å²) < 4.78 is 1.01. The minimum atomic E-state index is -0.329. The van der Waals surface area contributed by atoms with Crippen molar-refractivity contribution in [3.63, 3.8) is 0 Å². The maximum atomic E-state index is 12.1. The summed E-state index contributed by atoms with van der Waals surface area (Å²) in [7, 11) is 0. The molecule has 18 heavy (non-hydrogen) atoms. The SMILES string of the molecule is [CH2]c1ccc(C(=O)N(Cl)c2ccccc2Cl)cc1. The molecular formula is C14H10Cl2NO. The first-order valence-corrected chi connectivity index (χ1v) is 5.98. The lowest BCUT2D eigenvalue weighted by Gasteiger charge is -2.15. The van der Waals surface area contributed by atoms with Crippen LogP contribution in [0.15, 0.2) is 48.5 Å². The monoisotopic (exact) mass is 278 g/mol. The molecule has 0 saturated carbocycles. The topological polar surface area (TPSA) is 20.3 Å². The molecule has 0 atom stereocenters. The Balaban J connectivity index is 2.29. The van der Waals surface area contributed by atoms with Crippen molar-refractivity contribution in [1.29, 1.82) is 0 Å². The van der Waals surface area contributed by atoms with Crippen LogP contribution in [0.1, 0.15) is 15.9 Å². The fraction of sp³-hybridized carbons (Fsp3) is 0. The molecule has 2 aromatic carbocycles. The molecule has 0 aliphatic heterocycles. The number of anilines is 1. The average molecular weight is 279 g/mol. The lowest BCUT2D eigenvalue weighted by molar-refractivity contribution is 0.101. The van der Waals surface area contributed by atoms with Crippen molar-refractivity contribution < 1.29 is 4.79 Å². The number of carbonyl (C=O) groups excluding carboxylic acids is 1. The number of hydrogen-bond acceptors (Lipinski definition) is 1. The van der Waals surface area contributed by atoms with Crippen molar-refractivity contribution in [2.75, 3.05) is 4.42 Å². The Morgan fingerprint density at radius 1 is 1.06 bits per heavy atom. The van der Waals surface area contributed by atoms with Crippen LogP contribution in [0.4, 0.5) is 5.69 Å². The molecule has 0 fully saturated rings. The number of amides is 1. The van der Waals surface area contributed by atoms with Gasteiger partial charge in [0.15, 0.2) is 0 Å². The quantitative estimate of drug-likeness (QED) is 0.749. The molecule has 0 aromatic heterocycles. The second-order valence-electron chi connectivity index (χ2n) is 3.73. The van der Waals surface area contributed by atoms with Crippen molar-refractivity contribution in [2.24, 2.45) is 0 Å². The number of halogens is 2. The fourth-order valence-electron chi connectivity index (χ4n) is 1.48. The van der Waals surface area contributed by atoms with E-state index in [4.69, 9.17) is 23.4 Å². The molecule has 1 radical (unpaired) electrons. The Morgan fingerprint density at radius 3 is 2.28 bits per heavy atom. The molecule has 0 unspecified atom stereocenters. The molecule has 0 N–H and O–H groups in total. The first kappa shape index (κ1) is 12.9. The third kappa shape index (κ3) is 2.66. The minimum Gasteiger partial charge on any atom is -0.267 e. The smallest absolute Gasteiger partial charge is 0.267 e. The molecule has 91 valence electrons. The van der Waals surface area contributed by atoms with E-state index in [9.17, 15) is 4.79 Å². The first-order valence-electron chi connectivity index (χ1n) is 5.26. The summed E-state index contributed by atoms with van der Waals surface area (Å²) in [5, 5.41) is 0.426. The normalized spacial score (nSPS) is 10.2. The number of benzene rings is 2. The molecule has 0 heterocycles. The summed E-state index contributed by atoms with van der Waals surface area (Å²) >= 11 is 12.0. The van der Waals surface area contributed by atoms with Gasteiger partial charge in [-0.25, -0.2) is 4.42 Å². The molecule has 0 saturated heterocycles. The second-order valence-corrected chi connectivity index (χ2v) is 4.48. The molecule has 0 aliphatic carbocycles. The van der Waals surface area contributed by atoms with Crippen molar-refractivity contribution in [2.45, 2.75) is 0 Å². The zero-order valence-electron chi connectivity index (χ0n) is 9.44. The van der Waals surface area contributed by atoms with Gasteiger partial charge >= 0.3 is 0 Å². The predicted molar refractivity (Wildman–Crippen MR) is 75.0 cm³/mol. The van der Waals surface area contributed by atoms with Crippen LogP contribution < -0.4 is 4.42 Å². The number of rotatable bonds is 2. The summed E-state index contributed by atoms with van der Waals surface area (Å²) in [6.07, 6.45) is 0. The number of nitrogens with zero attached hydrogens (tertiary/aromatic N) is 1. The summed E-state index contributed by atoms with van der Waals surface area (Å²) in [4.78, 5) is 12.1. The van der Waals surface area contributed by atoms with Gasteiger partial charge in [0.25, 0.3) is 5.91 Å². The molecule has 4 heteroatoms. The summed E-state index contributed by atoms with van der Waals surface area (Å²) in [5.41, 5.74) is 1.78. The Hall–Kier alpha value is -1.51. The average Bonchev–Trinajstić information content (AvgIpc) is 2.38. The third-order valence-corrected chi connectivity index (χ3v) is 3.10. The van der Waals surface area contributed by atoms with Gasteiger partial charge in [-0.1, -0.05) is 35.9 Å². The maximum Gasteiger partial charge on any atom is 0.272 e. The summed E-state index contributed by atoms with van der Waals surface area (Å²) in [5.74, 6) is -0.329. The van der Waals surface area contributed by atoms with Crippen LogP contribution in [-0.2, 0) is 0 Å². The molecule has 2 rings (SSSR count). The zero-order valence-corrected chi connectivity index (χ0v) is 10.9. The lowest BCUT2D eigenvalue weighted by atomic mass is 10.1. The van der Waals surface area contributed by atoms with Crippen LogP contribution in [0.3, 0.4) is 0 Å². The van der Waals surface area contributed by atoms with Crippen molar-refractivity contribution in [3.05, 3.63) is 71.6 Å². The number of para-hydroxylation sites is 1. The maximum absolute atomic E-state index is 12.1. The Kier molecular flexibility index (Phi) is 3.90. The van der Waals surface area contributed by atoms with E-state index in [2.05, 4.69) is 6.92 Å². The van der Waals surface area contributed by atoms with E-state index in [0.717, 1.165) is 9.98 Å². The van der Waals surface area contributed by atoms with Crippen LogP contribution >= 0.6 is 23.4 Å². The Bertz CT molecular complexity index is 566. The Morgan fingerprint density at radius 2 is 1.67 bits per heavy atom. The van der Waals surface area contributed by atoms with Gasteiger partial charge in [0, 0.05) is 17.3 Å². The number of hydrogen-bond donors (Lipinski definition) is 0. The highest BCUT2D eigenvalue weighted by Crippen LogP contribution is 2.28. The lowest BCUT2D eigenvalue weighted by Crippen LogP contribution is -2.20. The highest BCUT2D eigenvalue weighted by Gasteiger charge is 2.17. The van der Waals surface area contributed by atoms with Crippen molar-refractivity contribution >= 4 is 35.0 Å². The van der Waals surface area contributed by atoms with Gasteiger partial charge in [-0.05, 0) is 36.8 Å². The van der Waals surface area contributed by atoms with E-state index in [-0.39, 0.29) is 5.91 Å². The summed E-state index contributed by atoms with van der Waals surface area (Å²) in [6.45, 7) is 3.76. The van der Waals surface area contributed by atoms with Crippen LogP contribution in [0.2, 0.25) is 5.02 Å². The minimum absolute atomic E-state index is 0.329. The van der Waals surface area contributed by atoms with Gasteiger partial charge < -0.3 is 0 Å². The van der Waals surface area contributed by atoms with Crippen LogP contribution in [0.5, 0.6) is 0 Å². The molecule has 2 aromatic rings. The van der Waals surface area contributed by atoms with E-state index in [0.29, 0.717) is 16.3 Å². The first-order chi connectivity index (χ1) is 8.59. The van der Waals surface area contributed by atoms with Crippen molar-refractivity contribution in [1.82, 2.24) is 0 Å². The predicted octanol–water partition coefficient (Wildman–Crippen LogP) is 4.32. The van der Waals surface area contributed by atoms with E-state index in [1.165, 1.54) is 0 Å². The van der Waals surface area contributed by atoms with Gasteiger partial charge in [0.2, 0.25) is 0 Å².